The molecule has 1 saturated heterocycles. The van der Waals surface area contributed by atoms with E-state index in [0.717, 1.165) is 16.7 Å². The Labute approximate surface area is 187 Å². The number of rotatable bonds is 7. The average molecular weight is 435 g/mol. The van der Waals surface area contributed by atoms with Crippen molar-refractivity contribution in [3.63, 3.8) is 0 Å². The van der Waals surface area contributed by atoms with Gasteiger partial charge >= 0.3 is 6.09 Å². The first kappa shape index (κ1) is 22.0. The molecule has 0 aliphatic carbocycles. The number of hydrogen-bond donors (Lipinski definition) is 1. The SMILES string of the molecule is O=C(OCc1ccccc1)N1C[C@H](O)[C@@H](N(Cc2ccccc2)Cc2cccc(F)c2)C1. The number of amides is 1. The number of carbonyl (C=O) groups is 1. The summed E-state index contributed by atoms with van der Waals surface area (Å²) in [6.07, 6.45) is -1.17. The van der Waals surface area contributed by atoms with Gasteiger partial charge in [0.25, 0.3) is 0 Å². The second kappa shape index (κ2) is 10.4. The third kappa shape index (κ3) is 5.72. The van der Waals surface area contributed by atoms with Crippen LogP contribution < -0.4 is 0 Å². The lowest BCUT2D eigenvalue weighted by atomic mass is 10.1. The Balaban J connectivity index is 1.45. The number of aliphatic hydroxyl groups is 1. The number of halogens is 1. The highest BCUT2D eigenvalue weighted by atomic mass is 19.1. The summed E-state index contributed by atoms with van der Waals surface area (Å²) in [6, 6.07) is 25.6. The van der Waals surface area contributed by atoms with Gasteiger partial charge in [-0.15, -0.1) is 0 Å². The fraction of sp³-hybridized carbons (Fsp3) is 0.269. The van der Waals surface area contributed by atoms with Gasteiger partial charge in [0.15, 0.2) is 0 Å². The first-order valence-electron chi connectivity index (χ1n) is 10.7. The predicted octanol–water partition coefficient (Wildman–Crippen LogP) is 4.21. The van der Waals surface area contributed by atoms with Crippen molar-refractivity contribution >= 4 is 6.09 Å². The number of β-amino-alcohol motifs (C(OH)–C–C–N with tert-alkyl or cyclic N) is 1. The number of likely N-dealkylation sites (tertiary alicyclic amines) is 1. The van der Waals surface area contributed by atoms with Gasteiger partial charge in [0.05, 0.1) is 18.7 Å². The smallest absolute Gasteiger partial charge is 0.410 e. The van der Waals surface area contributed by atoms with Crippen molar-refractivity contribution < 1.29 is 19.0 Å². The summed E-state index contributed by atoms with van der Waals surface area (Å²) in [7, 11) is 0. The monoisotopic (exact) mass is 434 g/mol. The second-order valence-corrected chi connectivity index (χ2v) is 8.10. The van der Waals surface area contributed by atoms with Crippen LogP contribution in [0.2, 0.25) is 0 Å². The maximum Gasteiger partial charge on any atom is 0.410 e. The number of aliphatic hydroxyl groups excluding tert-OH is 1. The van der Waals surface area contributed by atoms with Gasteiger partial charge in [0.2, 0.25) is 0 Å². The lowest BCUT2D eigenvalue weighted by molar-refractivity contribution is 0.0728. The van der Waals surface area contributed by atoms with E-state index in [2.05, 4.69) is 4.90 Å². The van der Waals surface area contributed by atoms with Gasteiger partial charge in [-0.1, -0.05) is 72.8 Å². The van der Waals surface area contributed by atoms with Crippen molar-refractivity contribution in [1.29, 1.82) is 0 Å². The standard InChI is InChI=1S/C26H27FN2O3/c27-23-13-7-12-22(14-23)16-28(15-20-8-3-1-4-9-20)24-17-29(18-25(24)30)26(31)32-19-21-10-5-2-6-11-21/h1-14,24-25,30H,15-19H2/t24-,25-/m0/s1. The van der Waals surface area contributed by atoms with E-state index in [-0.39, 0.29) is 25.0 Å². The molecule has 1 amide bonds. The van der Waals surface area contributed by atoms with E-state index in [1.165, 1.54) is 12.1 Å². The van der Waals surface area contributed by atoms with E-state index < -0.39 is 12.2 Å². The number of hydrogen-bond acceptors (Lipinski definition) is 4. The van der Waals surface area contributed by atoms with Crippen molar-refractivity contribution in [1.82, 2.24) is 9.80 Å². The van der Waals surface area contributed by atoms with Crippen LogP contribution >= 0.6 is 0 Å². The Kier molecular flexibility index (Phi) is 7.14. The zero-order valence-electron chi connectivity index (χ0n) is 17.8. The number of ether oxygens (including phenoxy) is 1. The Morgan fingerprint density at radius 1 is 0.906 bits per heavy atom. The minimum atomic E-state index is -0.725. The van der Waals surface area contributed by atoms with E-state index in [1.54, 1.807) is 11.0 Å². The second-order valence-electron chi connectivity index (χ2n) is 8.10. The molecule has 0 radical (unpaired) electrons. The third-order valence-corrected chi connectivity index (χ3v) is 5.69. The molecule has 1 fully saturated rings. The zero-order valence-corrected chi connectivity index (χ0v) is 17.8. The highest BCUT2D eigenvalue weighted by Crippen LogP contribution is 2.22. The molecule has 1 heterocycles. The van der Waals surface area contributed by atoms with Crippen molar-refractivity contribution in [2.24, 2.45) is 0 Å². The molecule has 0 unspecified atom stereocenters. The average Bonchev–Trinajstić information content (AvgIpc) is 3.20. The molecular weight excluding hydrogens is 407 g/mol. The minimum absolute atomic E-state index is 0.188. The summed E-state index contributed by atoms with van der Waals surface area (Å²) in [6.45, 7) is 1.77. The number of nitrogens with zero attached hydrogens (tertiary/aromatic N) is 2. The van der Waals surface area contributed by atoms with Gasteiger partial charge in [-0.25, -0.2) is 9.18 Å². The molecule has 1 N–H and O–H groups in total. The van der Waals surface area contributed by atoms with Gasteiger partial charge < -0.3 is 14.7 Å². The minimum Gasteiger partial charge on any atom is -0.445 e. The van der Waals surface area contributed by atoms with E-state index in [0.29, 0.717) is 19.6 Å². The van der Waals surface area contributed by atoms with Crippen LogP contribution in [0.4, 0.5) is 9.18 Å². The molecule has 5 nitrogen and oxygen atoms in total. The molecule has 6 heteroatoms. The van der Waals surface area contributed by atoms with Crippen LogP contribution in [-0.2, 0) is 24.4 Å². The molecule has 3 aromatic carbocycles. The molecule has 2 atom stereocenters. The molecule has 0 spiro atoms. The molecular formula is C26H27FN2O3. The molecule has 0 bridgehead atoms. The zero-order chi connectivity index (χ0) is 22.3. The van der Waals surface area contributed by atoms with E-state index in [1.807, 2.05) is 66.7 Å². The fourth-order valence-corrected chi connectivity index (χ4v) is 4.07. The molecule has 0 saturated carbocycles. The fourth-order valence-electron chi connectivity index (χ4n) is 4.07. The van der Waals surface area contributed by atoms with Gasteiger partial charge in [-0.2, -0.15) is 0 Å². The lowest BCUT2D eigenvalue weighted by Crippen LogP contribution is -2.42. The van der Waals surface area contributed by atoms with E-state index in [4.69, 9.17) is 4.74 Å². The van der Waals surface area contributed by atoms with Gasteiger partial charge in [0, 0.05) is 19.6 Å². The molecule has 32 heavy (non-hydrogen) atoms. The Morgan fingerprint density at radius 2 is 1.53 bits per heavy atom. The summed E-state index contributed by atoms with van der Waals surface area (Å²) in [5.74, 6) is -0.291. The van der Waals surface area contributed by atoms with Crippen molar-refractivity contribution in [2.75, 3.05) is 13.1 Å². The predicted molar refractivity (Wildman–Crippen MR) is 120 cm³/mol. The van der Waals surface area contributed by atoms with Crippen molar-refractivity contribution in [3.8, 4) is 0 Å². The summed E-state index contributed by atoms with van der Waals surface area (Å²) >= 11 is 0. The Morgan fingerprint density at radius 3 is 2.22 bits per heavy atom. The quantitative estimate of drug-likeness (QED) is 0.605. The summed E-state index contributed by atoms with van der Waals surface area (Å²) in [5, 5.41) is 10.8. The summed E-state index contributed by atoms with van der Waals surface area (Å²) < 4.78 is 19.2. The van der Waals surface area contributed by atoms with Gasteiger partial charge in [0.1, 0.15) is 12.4 Å². The largest absolute Gasteiger partial charge is 0.445 e. The highest BCUT2D eigenvalue weighted by Gasteiger charge is 2.38. The molecule has 3 aromatic rings. The first-order valence-corrected chi connectivity index (χ1v) is 10.7. The maximum atomic E-state index is 13.8. The van der Waals surface area contributed by atoms with E-state index >= 15 is 0 Å². The Hall–Kier alpha value is -3.22. The topological polar surface area (TPSA) is 53.0 Å². The van der Waals surface area contributed by atoms with Crippen LogP contribution in [0, 0.1) is 5.82 Å². The van der Waals surface area contributed by atoms with Gasteiger partial charge in [-0.05, 0) is 28.8 Å². The molecule has 1 aliphatic rings. The van der Waals surface area contributed by atoms with Crippen molar-refractivity contribution in [3.05, 3.63) is 107 Å². The molecule has 0 aromatic heterocycles. The van der Waals surface area contributed by atoms with Crippen LogP contribution in [0.5, 0.6) is 0 Å². The lowest BCUT2D eigenvalue weighted by Gasteiger charge is -2.30. The molecule has 1 aliphatic heterocycles. The Bertz CT molecular complexity index is 1020. The third-order valence-electron chi connectivity index (χ3n) is 5.69. The summed E-state index contributed by atoms with van der Waals surface area (Å²) in [4.78, 5) is 16.3. The molecule has 166 valence electrons. The number of carbonyl (C=O) groups excluding carboxylic acids is 1. The van der Waals surface area contributed by atoms with Crippen LogP contribution in [0.1, 0.15) is 16.7 Å². The normalized spacial score (nSPS) is 18.2. The number of benzene rings is 3. The summed E-state index contributed by atoms with van der Waals surface area (Å²) in [5.41, 5.74) is 2.81. The van der Waals surface area contributed by atoms with Crippen LogP contribution in [0.15, 0.2) is 84.9 Å². The highest BCUT2D eigenvalue weighted by molar-refractivity contribution is 5.68. The van der Waals surface area contributed by atoms with Crippen LogP contribution in [0.25, 0.3) is 0 Å². The maximum absolute atomic E-state index is 13.8. The molecule has 4 rings (SSSR count). The van der Waals surface area contributed by atoms with Crippen LogP contribution in [0.3, 0.4) is 0 Å². The first-order chi connectivity index (χ1) is 15.6. The van der Waals surface area contributed by atoms with Crippen molar-refractivity contribution in [2.45, 2.75) is 31.8 Å². The van der Waals surface area contributed by atoms with Crippen LogP contribution in [-0.4, -0.2) is 46.2 Å². The van der Waals surface area contributed by atoms with E-state index in [9.17, 15) is 14.3 Å². The van der Waals surface area contributed by atoms with Gasteiger partial charge in [-0.3, -0.25) is 4.90 Å².